The molecule has 78 valence electrons. The first-order valence-electron chi connectivity index (χ1n) is 3.74. The number of aromatic nitrogens is 1. The normalized spacial score (nSPS) is 11.7. The Kier molecular flexibility index (Phi) is 3.46. The van der Waals surface area contributed by atoms with Crippen molar-refractivity contribution >= 4 is 32.0 Å². The number of nitrogens with one attached hydrogen (secondary N) is 1. The molecule has 0 saturated heterocycles. The van der Waals surface area contributed by atoms with Gasteiger partial charge in [-0.15, -0.1) is 0 Å². The average Bonchev–Trinajstić information content (AvgIpc) is 2.02. The van der Waals surface area contributed by atoms with Crippen LogP contribution in [0.3, 0.4) is 0 Å². The van der Waals surface area contributed by atoms with E-state index in [0.717, 1.165) is 4.31 Å². The lowest BCUT2D eigenvalue weighted by Crippen LogP contribution is -2.29. The van der Waals surface area contributed by atoms with Crippen molar-refractivity contribution in [2.24, 2.45) is 0 Å². The van der Waals surface area contributed by atoms with Crippen molar-refractivity contribution in [2.45, 2.75) is 0 Å². The van der Waals surface area contributed by atoms with Crippen molar-refractivity contribution in [3.05, 3.63) is 22.8 Å². The van der Waals surface area contributed by atoms with Crippen molar-refractivity contribution in [3.63, 3.8) is 0 Å². The Bertz CT molecular complexity index is 419. The Morgan fingerprint density at radius 2 is 2.07 bits per heavy atom. The van der Waals surface area contributed by atoms with Crippen LogP contribution >= 0.6 is 15.9 Å². The van der Waals surface area contributed by atoms with Gasteiger partial charge in [0.15, 0.2) is 0 Å². The fourth-order valence-electron chi connectivity index (χ4n) is 0.689. The molecule has 0 fully saturated rings. The summed E-state index contributed by atoms with van der Waals surface area (Å²) in [6, 6.07) is 4.99. The lowest BCUT2D eigenvalue weighted by atomic mass is 10.5. The predicted octanol–water partition coefficient (Wildman–Crippen LogP) is 1.06. The standard InChI is InChI=1S/C7H10BrN3O2S/c1-11(2)14(12,13)10-7-5-3-4-6(8)9-7/h3-5H,1-2H3,(H,9,10). The molecule has 0 radical (unpaired) electrons. The van der Waals surface area contributed by atoms with Gasteiger partial charge in [0.05, 0.1) is 0 Å². The highest BCUT2D eigenvalue weighted by molar-refractivity contribution is 9.10. The molecular formula is C7H10BrN3O2S. The van der Waals surface area contributed by atoms with Crippen LogP contribution in [-0.2, 0) is 10.2 Å². The number of nitrogens with zero attached hydrogens (tertiary/aromatic N) is 2. The van der Waals surface area contributed by atoms with E-state index in [1.165, 1.54) is 14.1 Å². The molecule has 1 aromatic heterocycles. The van der Waals surface area contributed by atoms with Gasteiger partial charge in [-0.05, 0) is 28.1 Å². The molecule has 5 nitrogen and oxygen atoms in total. The van der Waals surface area contributed by atoms with Gasteiger partial charge in [0.1, 0.15) is 10.4 Å². The molecule has 0 unspecified atom stereocenters. The van der Waals surface area contributed by atoms with Crippen LogP contribution in [0.5, 0.6) is 0 Å². The number of hydrogen-bond donors (Lipinski definition) is 1. The minimum atomic E-state index is -3.47. The number of anilines is 1. The summed E-state index contributed by atoms with van der Waals surface area (Å²) in [7, 11) is -0.578. The molecule has 14 heavy (non-hydrogen) atoms. The molecule has 0 aliphatic carbocycles. The van der Waals surface area contributed by atoms with Crippen LogP contribution in [0.2, 0.25) is 0 Å². The maximum atomic E-state index is 11.4. The smallest absolute Gasteiger partial charge is 0.254 e. The third-order valence-electron chi connectivity index (χ3n) is 1.43. The number of halogens is 1. The fraction of sp³-hybridized carbons (Fsp3) is 0.286. The minimum Gasteiger partial charge on any atom is -0.254 e. The molecule has 1 rings (SSSR count). The zero-order chi connectivity index (χ0) is 10.8. The SMILES string of the molecule is CN(C)S(=O)(=O)Nc1cccc(Br)n1. The zero-order valence-electron chi connectivity index (χ0n) is 7.73. The van der Waals surface area contributed by atoms with E-state index >= 15 is 0 Å². The van der Waals surface area contributed by atoms with E-state index in [1.54, 1.807) is 18.2 Å². The van der Waals surface area contributed by atoms with Crippen LogP contribution in [0.15, 0.2) is 22.8 Å². The minimum absolute atomic E-state index is 0.285. The van der Waals surface area contributed by atoms with Gasteiger partial charge in [0, 0.05) is 14.1 Å². The molecule has 0 aromatic carbocycles. The van der Waals surface area contributed by atoms with Crippen LogP contribution in [-0.4, -0.2) is 31.8 Å². The quantitative estimate of drug-likeness (QED) is 0.842. The molecule has 1 aromatic rings. The molecule has 0 amide bonds. The Morgan fingerprint density at radius 1 is 1.43 bits per heavy atom. The summed E-state index contributed by atoms with van der Waals surface area (Å²) in [6.45, 7) is 0. The van der Waals surface area contributed by atoms with Crippen molar-refractivity contribution in [1.29, 1.82) is 0 Å². The van der Waals surface area contributed by atoms with Gasteiger partial charge in [0.25, 0.3) is 0 Å². The monoisotopic (exact) mass is 279 g/mol. The number of rotatable bonds is 3. The molecule has 1 heterocycles. The van der Waals surface area contributed by atoms with Gasteiger partial charge in [0.2, 0.25) is 0 Å². The summed E-state index contributed by atoms with van der Waals surface area (Å²) >= 11 is 3.15. The van der Waals surface area contributed by atoms with Crippen molar-refractivity contribution in [1.82, 2.24) is 9.29 Å². The zero-order valence-corrected chi connectivity index (χ0v) is 10.1. The molecule has 0 bridgehead atoms. The van der Waals surface area contributed by atoms with Crippen LogP contribution in [0, 0.1) is 0 Å². The average molecular weight is 280 g/mol. The maximum Gasteiger partial charge on any atom is 0.302 e. The second-order valence-corrected chi connectivity index (χ2v) is 5.43. The van der Waals surface area contributed by atoms with E-state index < -0.39 is 10.2 Å². The van der Waals surface area contributed by atoms with Crippen LogP contribution in [0.25, 0.3) is 0 Å². The molecule has 0 saturated carbocycles. The summed E-state index contributed by atoms with van der Waals surface area (Å²) in [5.41, 5.74) is 0. The Morgan fingerprint density at radius 3 is 2.57 bits per heavy atom. The number of pyridine rings is 1. The molecule has 0 atom stereocenters. The lowest BCUT2D eigenvalue weighted by molar-refractivity contribution is 0.526. The first-order valence-corrected chi connectivity index (χ1v) is 5.98. The van der Waals surface area contributed by atoms with Gasteiger partial charge in [-0.2, -0.15) is 12.7 Å². The summed E-state index contributed by atoms with van der Waals surface area (Å²) in [4.78, 5) is 3.94. The Labute approximate surface area is 91.5 Å². The van der Waals surface area contributed by atoms with Gasteiger partial charge in [-0.1, -0.05) is 6.07 Å². The van der Waals surface area contributed by atoms with Gasteiger partial charge < -0.3 is 0 Å². The maximum absolute atomic E-state index is 11.4. The highest BCUT2D eigenvalue weighted by Crippen LogP contribution is 2.11. The van der Waals surface area contributed by atoms with E-state index in [2.05, 4.69) is 25.6 Å². The summed E-state index contributed by atoms with van der Waals surface area (Å²) in [6.07, 6.45) is 0. The van der Waals surface area contributed by atoms with E-state index in [-0.39, 0.29) is 5.82 Å². The Hall–Kier alpha value is -0.660. The van der Waals surface area contributed by atoms with Gasteiger partial charge in [-0.3, -0.25) is 4.72 Å². The third kappa shape index (κ3) is 2.93. The third-order valence-corrected chi connectivity index (χ3v) is 3.30. The first-order chi connectivity index (χ1) is 6.42. The molecule has 1 N–H and O–H groups in total. The summed E-state index contributed by atoms with van der Waals surface area (Å²) < 4.78 is 26.7. The fourth-order valence-corrected chi connectivity index (χ4v) is 1.59. The van der Waals surface area contributed by atoms with E-state index in [0.29, 0.717) is 4.60 Å². The van der Waals surface area contributed by atoms with Crippen LogP contribution in [0.1, 0.15) is 0 Å². The second-order valence-electron chi connectivity index (χ2n) is 2.74. The van der Waals surface area contributed by atoms with Crippen molar-refractivity contribution in [2.75, 3.05) is 18.8 Å². The van der Waals surface area contributed by atoms with E-state index in [1.807, 2.05) is 0 Å². The molecule has 7 heteroatoms. The molecular weight excluding hydrogens is 270 g/mol. The van der Waals surface area contributed by atoms with Gasteiger partial charge >= 0.3 is 10.2 Å². The first kappa shape index (κ1) is 11.4. The highest BCUT2D eigenvalue weighted by Gasteiger charge is 2.13. The lowest BCUT2D eigenvalue weighted by Gasteiger charge is -2.12. The predicted molar refractivity (Wildman–Crippen MR) is 58.2 cm³/mol. The van der Waals surface area contributed by atoms with Crippen LogP contribution in [0.4, 0.5) is 5.82 Å². The second kappa shape index (κ2) is 4.24. The largest absolute Gasteiger partial charge is 0.302 e. The highest BCUT2D eigenvalue weighted by atomic mass is 79.9. The van der Waals surface area contributed by atoms with Crippen LogP contribution < -0.4 is 4.72 Å². The molecule has 0 spiro atoms. The van der Waals surface area contributed by atoms with Crippen molar-refractivity contribution < 1.29 is 8.42 Å². The van der Waals surface area contributed by atoms with Gasteiger partial charge in [-0.25, -0.2) is 4.98 Å². The molecule has 0 aliphatic rings. The van der Waals surface area contributed by atoms with E-state index in [4.69, 9.17) is 0 Å². The molecule has 0 aliphatic heterocycles. The van der Waals surface area contributed by atoms with E-state index in [9.17, 15) is 8.42 Å². The summed E-state index contributed by atoms with van der Waals surface area (Å²) in [5.74, 6) is 0.285. The van der Waals surface area contributed by atoms with Crippen molar-refractivity contribution in [3.8, 4) is 0 Å². The summed E-state index contributed by atoms with van der Waals surface area (Å²) in [5, 5.41) is 0. The number of hydrogen-bond acceptors (Lipinski definition) is 3. The Balaban J connectivity index is 2.90. The topological polar surface area (TPSA) is 62.3 Å².